The van der Waals surface area contributed by atoms with E-state index in [9.17, 15) is 4.79 Å². The molecule has 0 aliphatic heterocycles. The Hall–Kier alpha value is -0.540. The average Bonchev–Trinajstić information content (AvgIpc) is 2.25. The number of rotatable bonds is 5. The molecule has 0 fully saturated rings. The maximum absolute atomic E-state index is 11.6. The van der Waals surface area contributed by atoms with Crippen LogP contribution in [0, 0.1) is 0 Å². The number of nitrogens with one attached hydrogen (secondary N) is 1. The molecule has 1 aromatic carbocycles. The molecule has 0 aromatic heterocycles. The Morgan fingerprint density at radius 3 is 2.53 bits per heavy atom. The number of halogens is 2. The number of hydrogen-bond acceptors (Lipinski definition) is 1. The van der Waals surface area contributed by atoms with Crippen LogP contribution in [-0.2, 0) is 0 Å². The van der Waals surface area contributed by atoms with Crippen LogP contribution in [0.15, 0.2) is 28.7 Å². The van der Waals surface area contributed by atoms with Gasteiger partial charge < -0.3 is 5.32 Å². The molecule has 1 N–H and O–H groups in total. The molecular formula is C11H13BrClNO. The third kappa shape index (κ3) is 4.67. The molecule has 0 saturated heterocycles. The lowest BCUT2D eigenvalue weighted by Gasteiger charge is -2.04. The highest BCUT2D eigenvalue weighted by molar-refractivity contribution is 9.10. The van der Waals surface area contributed by atoms with Crippen LogP contribution in [0.3, 0.4) is 0 Å². The van der Waals surface area contributed by atoms with Crippen LogP contribution >= 0.6 is 27.5 Å². The molecule has 0 aliphatic carbocycles. The number of carbonyl (C=O) groups excluding carboxylic acids is 1. The second kappa shape index (κ2) is 6.85. The summed E-state index contributed by atoms with van der Waals surface area (Å²) < 4.78 is 0.973. The van der Waals surface area contributed by atoms with Crippen LogP contribution in [0.2, 0.25) is 0 Å². The van der Waals surface area contributed by atoms with Crippen molar-refractivity contribution < 1.29 is 4.79 Å². The summed E-state index contributed by atoms with van der Waals surface area (Å²) >= 11 is 8.85. The number of alkyl halides is 1. The van der Waals surface area contributed by atoms with Crippen LogP contribution < -0.4 is 5.32 Å². The van der Waals surface area contributed by atoms with Gasteiger partial charge in [0.25, 0.3) is 5.91 Å². The molecule has 1 amide bonds. The third-order valence-corrected chi connectivity index (χ3v) is 2.75. The van der Waals surface area contributed by atoms with E-state index in [4.69, 9.17) is 11.6 Å². The first-order valence-electron chi connectivity index (χ1n) is 4.84. The van der Waals surface area contributed by atoms with Crippen molar-refractivity contribution >= 4 is 33.4 Å². The Kier molecular flexibility index (Phi) is 5.73. The predicted molar refractivity (Wildman–Crippen MR) is 66.4 cm³/mol. The van der Waals surface area contributed by atoms with Gasteiger partial charge in [-0.1, -0.05) is 15.9 Å². The van der Waals surface area contributed by atoms with Gasteiger partial charge in [-0.2, -0.15) is 0 Å². The molecule has 0 atom stereocenters. The van der Waals surface area contributed by atoms with Crippen molar-refractivity contribution in [2.75, 3.05) is 12.4 Å². The number of carbonyl (C=O) groups is 1. The van der Waals surface area contributed by atoms with E-state index in [2.05, 4.69) is 21.2 Å². The number of amides is 1. The van der Waals surface area contributed by atoms with Gasteiger partial charge in [0, 0.05) is 22.5 Å². The minimum Gasteiger partial charge on any atom is -0.352 e. The molecule has 82 valence electrons. The van der Waals surface area contributed by atoms with Crippen molar-refractivity contribution in [3.05, 3.63) is 34.3 Å². The van der Waals surface area contributed by atoms with Crippen molar-refractivity contribution in [3.63, 3.8) is 0 Å². The van der Waals surface area contributed by atoms with Crippen molar-refractivity contribution in [1.82, 2.24) is 5.32 Å². The van der Waals surface area contributed by atoms with E-state index in [0.29, 0.717) is 18.0 Å². The van der Waals surface area contributed by atoms with E-state index >= 15 is 0 Å². The van der Waals surface area contributed by atoms with E-state index in [0.717, 1.165) is 17.3 Å². The Balaban J connectivity index is 2.37. The summed E-state index contributed by atoms with van der Waals surface area (Å²) in [7, 11) is 0. The van der Waals surface area contributed by atoms with Crippen molar-refractivity contribution in [3.8, 4) is 0 Å². The lowest BCUT2D eigenvalue weighted by Crippen LogP contribution is -2.24. The predicted octanol–water partition coefficient (Wildman–Crippen LogP) is 3.20. The fourth-order valence-corrected chi connectivity index (χ4v) is 1.58. The lowest BCUT2D eigenvalue weighted by molar-refractivity contribution is 0.0953. The van der Waals surface area contributed by atoms with Gasteiger partial charge >= 0.3 is 0 Å². The summed E-state index contributed by atoms with van der Waals surface area (Å²) in [5, 5.41) is 2.84. The standard InChI is InChI=1S/C11H13BrClNO/c12-10-5-3-9(4-6-10)11(15)14-8-2-1-7-13/h3-6H,1-2,7-8H2,(H,14,15). The molecule has 0 aliphatic rings. The molecule has 1 rings (SSSR count). The zero-order valence-corrected chi connectivity index (χ0v) is 10.6. The summed E-state index contributed by atoms with van der Waals surface area (Å²) in [4.78, 5) is 11.6. The second-order valence-electron chi connectivity index (χ2n) is 3.16. The molecule has 0 heterocycles. The summed E-state index contributed by atoms with van der Waals surface area (Å²) in [5.74, 6) is 0.616. The second-order valence-corrected chi connectivity index (χ2v) is 4.45. The summed E-state index contributed by atoms with van der Waals surface area (Å²) in [6.07, 6.45) is 1.86. The monoisotopic (exact) mass is 289 g/mol. The zero-order valence-electron chi connectivity index (χ0n) is 8.30. The quantitative estimate of drug-likeness (QED) is 0.655. The summed E-state index contributed by atoms with van der Waals surface area (Å²) in [6.45, 7) is 0.682. The minimum atomic E-state index is -0.0305. The van der Waals surface area contributed by atoms with Gasteiger partial charge in [-0.25, -0.2) is 0 Å². The number of benzene rings is 1. The molecule has 15 heavy (non-hydrogen) atoms. The van der Waals surface area contributed by atoms with Crippen LogP contribution in [0.25, 0.3) is 0 Å². The first-order chi connectivity index (χ1) is 7.24. The van der Waals surface area contributed by atoms with Gasteiger partial charge in [0.2, 0.25) is 0 Å². The Morgan fingerprint density at radius 1 is 1.27 bits per heavy atom. The topological polar surface area (TPSA) is 29.1 Å². The minimum absolute atomic E-state index is 0.0305. The van der Waals surface area contributed by atoms with Gasteiger partial charge in [-0.15, -0.1) is 11.6 Å². The normalized spacial score (nSPS) is 10.0. The average molecular weight is 291 g/mol. The molecule has 0 unspecified atom stereocenters. The number of hydrogen-bond donors (Lipinski definition) is 1. The Morgan fingerprint density at radius 2 is 1.93 bits per heavy atom. The highest BCUT2D eigenvalue weighted by atomic mass is 79.9. The van der Waals surface area contributed by atoms with Gasteiger partial charge in [-0.3, -0.25) is 4.79 Å². The fourth-order valence-electron chi connectivity index (χ4n) is 1.12. The number of unbranched alkanes of at least 4 members (excludes halogenated alkanes) is 1. The van der Waals surface area contributed by atoms with Crippen molar-refractivity contribution in [1.29, 1.82) is 0 Å². The van der Waals surface area contributed by atoms with Crippen LogP contribution in [0.5, 0.6) is 0 Å². The van der Waals surface area contributed by atoms with Crippen molar-refractivity contribution in [2.45, 2.75) is 12.8 Å². The van der Waals surface area contributed by atoms with Gasteiger partial charge in [0.1, 0.15) is 0 Å². The molecule has 1 aromatic rings. The Bertz CT molecular complexity index is 313. The SMILES string of the molecule is O=C(NCCCCCl)c1ccc(Br)cc1. The lowest BCUT2D eigenvalue weighted by atomic mass is 10.2. The third-order valence-electron chi connectivity index (χ3n) is 1.95. The molecule has 0 spiro atoms. The fraction of sp³-hybridized carbons (Fsp3) is 0.364. The van der Waals surface area contributed by atoms with E-state index in [1.807, 2.05) is 12.1 Å². The summed E-state index contributed by atoms with van der Waals surface area (Å²) in [6, 6.07) is 7.29. The van der Waals surface area contributed by atoms with Gasteiger partial charge in [0.05, 0.1) is 0 Å². The maximum atomic E-state index is 11.6. The molecular weight excluding hydrogens is 277 g/mol. The first-order valence-corrected chi connectivity index (χ1v) is 6.16. The molecule has 0 radical (unpaired) electrons. The van der Waals surface area contributed by atoms with Gasteiger partial charge in [-0.05, 0) is 37.1 Å². The smallest absolute Gasteiger partial charge is 0.251 e. The van der Waals surface area contributed by atoms with Crippen molar-refractivity contribution in [2.24, 2.45) is 0 Å². The summed E-state index contributed by atoms with van der Waals surface area (Å²) in [5.41, 5.74) is 0.684. The first kappa shape index (κ1) is 12.5. The maximum Gasteiger partial charge on any atom is 0.251 e. The molecule has 2 nitrogen and oxygen atoms in total. The van der Waals surface area contributed by atoms with E-state index in [1.165, 1.54) is 0 Å². The van der Waals surface area contributed by atoms with Crippen LogP contribution in [0.4, 0.5) is 0 Å². The zero-order chi connectivity index (χ0) is 11.1. The van der Waals surface area contributed by atoms with Crippen LogP contribution in [-0.4, -0.2) is 18.3 Å². The van der Waals surface area contributed by atoms with Gasteiger partial charge in [0.15, 0.2) is 0 Å². The highest BCUT2D eigenvalue weighted by Gasteiger charge is 2.03. The van der Waals surface area contributed by atoms with E-state index in [-0.39, 0.29) is 5.91 Å². The largest absolute Gasteiger partial charge is 0.352 e. The molecule has 0 bridgehead atoms. The van der Waals surface area contributed by atoms with E-state index < -0.39 is 0 Å². The molecule has 4 heteroatoms. The van der Waals surface area contributed by atoms with Crippen LogP contribution in [0.1, 0.15) is 23.2 Å². The molecule has 0 saturated carbocycles. The Labute approximate surface area is 103 Å². The highest BCUT2D eigenvalue weighted by Crippen LogP contribution is 2.10. The van der Waals surface area contributed by atoms with E-state index in [1.54, 1.807) is 12.1 Å².